The molecule has 0 bridgehead atoms. The first-order valence-electron chi connectivity index (χ1n) is 7.40. The molecule has 0 saturated carbocycles. The van der Waals surface area contributed by atoms with Gasteiger partial charge in [0.25, 0.3) is 5.91 Å². The highest BCUT2D eigenvalue weighted by atomic mass is 35.5. The maximum Gasteiger partial charge on any atom is 0.358 e. The number of nitrogens with zero attached hydrogens (tertiary/aromatic N) is 1. The van der Waals surface area contributed by atoms with E-state index in [4.69, 9.17) is 16.3 Å². The smallest absolute Gasteiger partial charge is 0.358 e. The van der Waals surface area contributed by atoms with Gasteiger partial charge in [-0.15, -0.1) is 22.7 Å². The van der Waals surface area contributed by atoms with Gasteiger partial charge in [0.2, 0.25) is 0 Å². The molecule has 0 aliphatic heterocycles. The topological polar surface area (TPSA) is 68.3 Å². The van der Waals surface area contributed by atoms with E-state index < -0.39 is 23.8 Å². The van der Waals surface area contributed by atoms with Crippen LogP contribution in [0.2, 0.25) is 5.02 Å². The lowest BCUT2D eigenvalue weighted by Crippen LogP contribution is -2.30. The Morgan fingerprint density at radius 2 is 2.12 bits per heavy atom. The molecule has 2 heterocycles. The molecular weight excluding hydrogens is 399 g/mol. The fourth-order valence-electron chi connectivity index (χ4n) is 1.98. The number of carbonyl (C=O) groups excluding carboxylic acids is 2. The van der Waals surface area contributed by atoms with Crippen LogP contribution in [0.4, 0.5) is 10.1 Å². The van der Waals surface area contributed by atoms with Crippen molar-refractivity contribution in [2.24, 2.45) is 0 Å². The molecule has 3 rings (SSSR count). The second kappa shape index (κ2) is 7.94. The van der Waals surface area contributed by atoms with Crippen LogP contribution in [0.25, 0.3) is 9.88 Å². The van der Waals surface area contributed by atoms with Gasteiger partial charge in [0.05, 0.1) is 10.6 Å². The van der Waals surface area contributed by atoms with Crippen LogP contribution in [0, 0.1) is 5.82 Å². The molecular formula is C17H12ClFN2O3S2. The molecule has 0 unspecified atom stereocenters. The number of nitrogens with one attached hydrogen (secondary N) is 1. The summed E-state index contributed by atoms with van der Waals surface area (Å²) in [6.45, 7) is 1.40. The standard InChI is InChI=1S/C17H12ClFN2O3S2/c1-9(15(22)20-12-5-4-10(18)7-11(12)19)24-17(23)13-8-26-16(21-13)14-3-2-6-25-14/h2-9H,1H3,(H,20,22)/t9-/m1/s1. The van der Waals surface area contributed by atoms with Crippen LogP contribution in [0.3, 0.4) is 0 Å². The summed E-state index contributed by atoms with van der Waals surface area (Å²) in [5.41, 5.74) is 0.0756. The van der Waals surface area contributed by atoms with Crippen molar-refractivity contribution in [1.82, 2.24) is 4.98 Å². The third kappa shape index (κ3) is 4.27. The van der Waals surface area contributed by atoms with Crippen molar-refractivity contribution in [3.63, 3.8) is 0 Å². The van der Waals surface area contributed by atoms with Crippen molar-refractivity contribution >= 4 is 51.8 Å². The number of anilines is 1. The van der Waals surface area contributed by atoms with Gasteiger partial charge < -0.3 is 10.1 Å². The Hall–Kier alpha value is -2.29. The average Bonchev–Trinajstić information content (AvgIpc) is 3.28. The highest BCUT2D eigenvalue weighted by Gasteiger charge is 2.22. The number of thiophene rings is 1. The van der Waals surface area contributed by atoms with E-state index in [1.165, 1.54) is 41.7 Å². The number of amides is 1. The highest BCUT2D eigenvalue weighted by Crippen LogP contribution is 2.28. The summed E-state index contributed by atoms with van der Waals surface area (Å²) in [5, 5.41) is 6.75. The SMILES string of the molecule is C[C@@H](OC(=O)c1csc(-c2cccs2)n1)C(=O)Nc1ccc(Cl)cc1F. The van der Waals surface area contributed by atoms with Gasteiger partial charge in [-0.2, -0.15) is 0 Å². The van der Waals surface area contributed by atoms with Crippen molar-refractivity contribution in [2.75, 3.05) is 5.32 Å². The first-order chi connectivity index (χ1) is 12.4. The Morgan fingerprint density at radius 3 is 2.81 bits per heavy atom. The maximum atomic E-state index is 13.7. The molecule has 3 aromatic rings. The molecule has 5 nitrogen and oxygen atoms in total. The number of ether oxygens (including phenoxy) is 1. The molecule has 9 heteroatoms. The maximum absolute atomic E-state index is 13.7. The minimum absolute atomic E-state index is 0.0454. The van der Waals surface area contributed by atoms with E-state index >= 15 is 0 Å². The largest absolute Gasteiger partial charge is 0.448 e. The van der Waals surface area contributed by atoms with Crippen LogP contribution in [0.15, 0.2) is 41.1 Å². The van der Waals surface area contributed by atoms with Gasteiger partial charge in [-0.25, -0.2) is 14.2 Å². The second-order valence-electron chi connectivity index (χ2n) is 5.18. The summed E-state index contributed by atoms with van der Waals surface area (Å²) in [4.78, 5) is 29.4. The zero-order valence-electron chi connectivity index (χ0n) is 13.4. The Labute approximate surface area is 161 Å². The minimum Gasteiger partial charge on any atom is -0.448 e. The predicted octanol–water partition coefficient (Wildman–Crippen LogP) is 4.85. The molecule has 134 valence electrons. The van der Waals surface area contributed by atoms with E-state index in [1.54, 1.807) is 5.38 Å². The molecule has 0 aliphatic carbocycles. The van der Waals surface area contributed by atoms with Crippen LogP contribution in [-0.4, -0.2) is 23.0 Å². The molecule has 2 aromatic heterocycles. The number of benzene rings is 1. The summed E-state index contributed by atoms with van der Waals surface area (Å²) in [5.74, 6) is -2.05. The van der Waals surface area contributed by atoms with E-state index in [0.717, 1.165) is 10.9 Å². The molecule has 1 aromatic carbocycles. The molecule has 1 atom stereocenters. The first kappa shape index (κ1) is 18.5. The summed E-state index contributed by atoms with van der Waals surface area (Å²) in [7, 11) is 0. The van der Waals surface area contributed by atoms with E-state index in [1.807, 2.05) is 17.5 Å². The first-order valence-corrected chi connectivity index (χ1v) is 9.54. The number of aromatic nitrogens is 1. The van der Waals surface area contributed by atoms with Gasteiger partial charge in [-0.05, 0) is 36.6 Å². The second-order valence-corrected chi connectivity index (χ2v) is 7.42. The predicted molar refractivity (Wildman–Crippen MR) is 100 cm³/mol. The van der Waals surface area contributed by atoms with Gasteiger partial charge in [0.15, 0.2) is 11.8 Å². The quantitative estimate of drug-likeness (QED) is 0.610. The summed E-state index contributed by atoms with van der Waals surface area (Å²) < 4.78 is 18.8. The van der Waals surface area contributed by atoms with Crippen molar-refractivity contribution in [2.45, 2.75) is 13.0 Å². The van der Waals surface area contributed by atoms with Gasteiger partial charge in [0.1, 0.15) is 10.8 Å². The Kier molecular flexibility index (Phi) is 5.65. The Balaban J connectivity index is 1.62. The minimum atomic E-state index is -1.12. The monoisotopic (exact) mass is 410 g/mol. The number of carbonyl (C=O) groups is 2. The van der Waals surface area contributed by atoms with Gasteiger partial charge in [-0.3, -0.25) is 4.79 Å². The van der Waals surface area contributed by atoms with Crippen molar-refractivity contribution in [3.05, 3.63) is 57.6 Å². The number of esters is 1. The normalized spacial score (nSPS) is 11.8. The van der Waals surface area contributed by atoms with E-state index in [9.17, 15) is 14.0 Å². The molecule has 0 saturated heterocycles. The van der Waals surface area contributed by atoms with Gasteiger partial charge in [0, 0.05) is 10.4 Å². The molecule has 1 amide bonds. The van der Waals surface area contributed by atoms with Crippen LogP contribution in [0.5, 0.6) is 0 Å². The molecule has 0 spiro atoms. The molecule has 0 aliphatic rings. The van der Waals surface area contributed by atoms with Crippen molar-refractivity contribution in [1.29, 1.82) is 0 Å². The molecule has 1 N–H and O–H groups in total. The Morgan fingerprint density at radius 1 is 1.31 bits per heavy atom. The summed E-state index contributed by atoms with van der Waals surface area (Å²) in [6, 6.07) is 7.64. The molecule has 0 fully saturated rings. The fourth-order valence-corrected chi connectivity index (χ4v) is 3.74. The van der Waals surface area contributed by atoms with Crippen molar-refractivity contribution in [3.8, 4) is 9.88 Å². The van der Waals surface area contributed by atoms with E-state index in [-0.39, 0.29) is 16.4 Å². The number of hydrogen-bond donors (Lipinski definition) is 1. The van der Waals surface area contributed by atoms with Crippen LogP contribution in [-0.2, 0) is 9.53 Å². The third-order valence-electron chi connectivity index (χ3n) is 3.29. The van der Waals surface area contributed by atoms with Gasteiger partial charge in [-0.1, -0.05) is 17.7 Å². The van der Waals surface area contributed by atoms with Crippen molar-refractivity contribution < 1.29 is 18.7 Å². The lowest BCUT2D eigenvalue weighted by atomic mass is 10.3. The molecule has 26 heavy (non-hydrogen) atoms. The molecule has 0 radical (unpaired) electrons. The van der Waals surface area contributed by atoms with Crippen LogP contribution in [0.1, 0.15) is 17.4 Å². The number of halogens is 2. The van der Waals surface area contributed by atoms with E-state index in [0.29, 0.717) is 5.01 Å². The highest BCUT2D eigenvalue weighted by molar-refractivity contribution is 7.20. The summed E-state index contributed by atoms with van der Waals surface area (Å²) in [6.07, 6.45) is -1.12. The summed E-state index contributed by atoms with van der Waals surface area (Å²) >= 11 is 8.49. The van der Waals surface area contributed by atoms with E-state index in [2.05, 4.69) is 10.3 Å². The average molecular weight is 411 g/mol. The zero-order valence-corrected chi connectivity index (χ0v) is 15.8. The van der Waals surface area contributed by atoms with Crippen LogP contribution >= 0.6 is 34.3 Å². The lowest BCUT2D eigenvalue weighted by molar-refractivity contribution is -0.123. The number of hydrogen-bond acceptors (Lipinski definition) is 6. The Bertz CT molecular complexity index is 943. The zero-order chi connectivity index (χ0) is 18.7. The number of thiazole rings is 1. The van der Waals surface area contributed by atoms with Gasteiger partial charge >= 0.3 is 5.97 Å². The third-order valence-corrected chi connectivity index (χ3v) is 5.40. The fraction of sp³-hybridized carbons (Fsp3) is 0.118. The lowest BCUT2D eigenvalue weighted by Gasteiger charge is -2.13. The number of rotatable bonds is 5. The van der Waals surface area contributed by atoms with Crippen LogP contribution < -0.4 is 5.32 Å².